The van der Waals surface area contributed by atoms with E-state index in [0.29, 0.717) is 31.5 Å². The van der Waals surface area contributed by atoms with Gasteiger partial charge in [0.05, 0.1) is 12.2 Å². The lowest BCUT2D eigenvalue weighted by Gasteiger charge is -2.33. The molecule has 0 saturated carbocycles. The second kappa shape index (κ2) is 5.02. The summed E-state index contributed by atoms with van der Waals surface area (Å²) in [4.78, 5) is 2.03. The molecule has 17 heavy (non-hydrogen) atoms. The Bertz CT molecular complexity index is 387. The van der Waals surface area contributed by atoms with Crippen molar-refractivity contribution in [2.24, 2.45) is 0 Å². The van der Waals surface area contributed by atoms with Crippen molar-refractivity contribution in [2.75, 3.05) is 18.0 Å². The topological polar surface area (TPSA) is 43.7 Å². The van der Waals surface area contributed by atoms with E-state index in [4.69, 9.17) is 0 Å². The first-order valence-corrected chi connectivity index (χ1v) is 5.99. The molecule has 1 atom stereocenters. The first kappa shape index (κ1) is 12.3. The summed E-state index contributed by atoms with van der Waals surface area (Å²) >= 11 is 0. The van der Waals surface area contributed by atoms with Crippen molar-refractivity contribution in [1.82, 2.24) is 0 Å². The van der Waals surface area contributed by atoms with Gasteiger partial charge in [0, 0.05) is 24.3 Å². The fourth-order valence-corrected chi connectivity index (χ4v) is 2.32. The van der Waals surface area contributed by atoms with Crippen LogP contribution in [0.1, 0.15) is 31.4 Å². The molecule has 0 radical (unpaired) electrons. The Kier molecular flexibility index (Phi) is 3.64. The van der Waals surface area contributed by atoms with Gasteiger partial charge in [0.15, 0.2) is 0 Å². The van der Waals surface area contributed by atoms with Gasteiger partial charge < -0.3 is 15.1 Å². The van der Waals surface area contributed by atoms with Crippen LogP contribution in [-0.4, -0.2) is 29.4 Å². The Balaban J connectivity index is 2.28. The lowest BCUT2D eigenvalue weighted by atomic mass is 10.0. The summed E-state index contributed by atoms with van der Waals surface area (Å²) in [7, 11) is 0. The van der Waals surface area contributed by atoms with Crippen molar-refractivity contribution in [3.63, 3.8) is 0 Å². The quantitative estimate of drug-likeness (QED) is 0.827. The first-order valence-electron chi connectivity index (χ1n) is 5.99. The minimum Gasteiger partial charge on any atom is -0.393 e. The molecule has 0 bridgehead atoms. The summed E-state index contributed by atoms with van der Waals surface area (Å²) in [5.74, 6) is -0.372. The number of aliphatic hydroxyl groups excluding tert-OH is 2. The Morgan fingerprint density at radius 3 is 2.59 bits per heavy atom. The van der Waals surface area contributed by atoms with Crippen molar-refractivity contribution in [3.8, 4) is 0 Å². The molecule has 1 heterocycles. The molecular formula is C13H18FNO2. The van der Waals surface area contributed by atoms with E-state index in [1.165, 1.54) is 6.07 Å². The molecule has 4 heteroatoms. The maximum atomic E-state index is 13.7. The van der Waals surface area contributed by atoms with Gasteiger partial charge >= 0.3 is 0 Å². The van der Waals surface area contributed by atoms with Crippen LogP contribution in [0, 0.1) is 5.82 Å². The number of benzene rings is 1. The molecule has 3 nitrogen and oxygen atoms in total. The average molecular weight is 239 g/mol. The number of hydrogen-bond donors (Lipinski definition) is 2. The molecule has 1 aliphatic heterocycles. The van der Waals surface area contributed by atoms with Crippen molar-refractivity contribution in [3.05, 3.63) is 29.6 Å². The van der Waals surface area contributed by atoms with Gasteiger partial charge in [0.1, 0.15) is 5.82 Å². The number of nitrogens with zero attached hydrogens (tertiary/aromatic N) is 1. The molecule has 1 aliphatic rings. The van der Waals surface area contributed by atoms with Crippen LogP contribution >= 0.6 is 0 Å². The minimum absolute atomic E-state index is 0.255. The molecule has 0 aliphatic carbocycles. The van der Waals surface area contributed by atoms with E-state index in [9.17, 15) is 14.6 Å². The highest BCUT2D eigenvalue weighted by Crippen LogP contribution is 2.30. The molecule has 0 amide bonds. The normalized spacial score (nSPS) is 19.4. The third-order valence-electron chi connectivity index (χ3n) is 3.25. The van der Waals surface area contributed by atoms with Crippen molar-refractivity contribution < 1.29 is 14.6 Å². The van der Waals surface area contributed by atoms with Crippen LogP contribution in [0.2, 0.25) is 0 Å². The maximum absolute atomic E-state index is 13.7. The molecule has 94 valence electrons. The SMILES string of the molecule is CC(O)c1c(F)cccc1N1CCC(O)CC1. The van der Waals surface area contributed by atoms with E-state index in [-0.39, 0.29) is 11.9 Å². The third kappa shape index (κ3) is 2.58. The predicted molar refractivity (Wildman–Crippen MR) is 64.5 cm³/mol. The van der Waals surface area contributed by atoms with Crippen LogP contribution in [0.15, 0.2) is 18.2 Å². The molecular weight excluding hydrogens is 221 g/mol. The molecule has 1 aromatic rings. The van der Waals surface area contributed by atoms with Crippen molar-refractivity contribution in [1.29, 1.82) is 0 Å². The van der Waals surface area contributed by atoms with Crippen LogP contribution < -0.4 is 4.90 Å². The van der Waals surface area contributed by atoms with E-state index < -0.39 is 6.10 Å². The van der Waals surface area contributed by atoms with E-state index in [1.54, 1.807) is 13.0 Å². The van der Waals surface area contributed by atoms with Gasteiger partial charge in [-0.25, -0.2) is 4.39 Å². The number of piperidine rings is 1. The fraction of sp³-hybridized carbons (Fsp3) is 0.538. The Morgan fingerprint density at radius 1 is 1.35 bits per heavy atom. The highest BCUT2D eigenvalue weighted by molar-refractivity contribution is 5.55. The smallest absolute Gasteiger partial charge is 0.131 e. The molecule has 2 rings (SSSR count). The fourth-order valence-electron chi connectivity index (χ4n) is 2.32. The first-order chi connectivity index (χ1) is 8.09. The number of halogens is 1. The zero-order chi connectivity index (χ0) is 12.4. The summed E-state index contributed by atoms with van der Waals surface area (Å²) < 4.78 is 13.7. The van der Waals surface area contributed by atoms with Crippen LogP contribution in [0.3, 0.4) is 0 Å². The van der Waals surface area contributed by atoms with Gasteiger partial charge in [-0.3, -0.25) is 0 Å². The summed E-state index contributed by atoms with van der Waals surface area (Å²) in [6, 6.07) is 4.84. The van der Waals surface area contributed by atoms with E-state index in [2.05, 4.69) is 0 Å². The maximum Gasteiger partial charge on any atom is 0.131 e. The van der Waals surface area contributed by atoms with Gasteiger partial charge in [0.25, 0.3) is 0 Å². The Hall–Kier alpha value is -1.13. The standard InChI is InChI=1S/C13H18FNO2/c1-9(16)13-11(14)3-2-4-12(13)15-7-5-10(17)6-8-15/h2-4,9-10,16-17H,5-8H2,1H3. The number of aliphatic hydroxyl groups is 2. The van der Waals surface area contributed by atoms with Gasteiger partial charge in [0.2, 0.25) is 0 Å². The van der Waals surface area contributed by atoms with Crippen molar-refractivity contribution >= 4 is 5.69 Å². The van der Waals surface area contributed by atoms with Gasteiger partial charge in [-0.1, -0.05) is 6.07 Å². The lowest BCUT2D eigenvalue weighted by molar-refractivity contribution is 0.145. The molecule has 2 N–H and O–H groups in total. The largest absolute Gasteiger partial charge is 0.393 e. The number of anilines is 1. The molecule has 0 spiro atoms. The zero-order valence-electron chi connectivity index (χ0n) is 9.93. The van der Waals surface area contributed by atoms with Gasteiger partial charge in [-0.2, -0.15) is 0 Å². The highest BCUT2D eigenvalue weighted by atomic mass is 19.1. The van der Waals surface area contributed by atoms with Crippen molar-refractivity contribution in [2.45, 2.75) is 32.0 Å². The molecule has 1 unspecified atom stereocenters. The predicted octanol–water partition coefficient (Wildman–Crippen LogP) is 1.84. The molecule has 1 saturated heterocycles. The summed E-state index contributed by atoms with van der Waals surface area (Å²) in [5, 5.41) is 19.1. The monoisotopic (exact) mass is 239 g/mol. The second-order valence-corrected chi connectivity index (χ2v) is 4.57. The third-order valence-corrected chi connectivity index (χ3v) is 3.25. The summed E-state index contributed by atoms with van der Waals surface area (Å²) in [5.41, 5.74) is 1.09. The Morgan fingerprint density at radius 2 is 2.00 bits per heavy atom. The molecule has 0 aromatic heterocycles. The number of hydrogen-bond acceptors (Lipinski definition) is 3. The lowest BCUT2D eigenvalue weighted by Crippen LogP contribution is -2.36. The van der Waals surface area contributed by atoms with Crippen LogP contribution in [0.5, 0.6) is 0 Å². The zero-order valence-corrected chi connectivity index (χ0v) is 9.93. The summed E-state index contributed by atoms with van der Waals surface area (Å²) in [6.07, 6.45) is 0.304. The molecule has 1 fully saturated rings. The average Bonchev–Trinajstić information content (AvgIpc) is 2.29. The van der Waals surface area contributed by atoms with Gasteiger partial charge in [-0.15, -0.1) is 0 Å². The van der Waals surface area contributed by atoms with E-state index in [0.717, 1.165) is 5.69 Å². The van der Waals surface area contributed by atoms with E-state index in [1.807, 2.05) is 11.0 Å². The van der Waals surface area contributed by atoms with Crippen LogP contribution in [0.25, 0.3) is 0 Å². The van der Waals surface area contributed by atoms with Gasteiger partial charge in [-0.05, 0) is 31.9 Å². The second-order valence-electron chi connectivity index (χ2n) is 4.57. The van der Waals surface area contributed by atoms with E-state index >= 15 is 0 Å². The van der Waals surface area contributed by atoms with Crippen LogP contribution in [-0.2, 0) is 0 Å². The highest BCUT2D eigenvalue weighted by Gasteiger charge is 2.22. The number of rotatable bonds is 2. The van der Waals surface area contributed by atoms with Crippen LogP contribution in [0.4, 0.5) is 10.1 Å². The summed E-state index contributed by atoms with van der Waals surface area (Å²) in [6.45, 7) is 2.97. The minimum atomic E-state index is -0.821. The molecule has 1 aromatic carbocycles. The Labute approximate surface area is 100 Å².